The quantitative estimate of drug-likeness (QED) is 0.323. The predicted octanol–water partition coefficient (Wildman–Crippen LogP) is -1.69. The predicted molar refractivity (Wildman–Crippen MR) is 22.4 cm³/mol. The molecule has 0 aromatic carbocycles. The van der Waals surface area contributed by atoms with E-state index in [4.69, 9.17) is 5.84 Å². The van der Waals surface area contributed by atoms with Gasteiger partial charge in [0.05, 0.1) is 0 Å². The SMILES string of the molecule is CN(N)N([O-])ON. The highest BCUT2D eigenvalue weighted by molar-refractivity contribution is 4.23. The molecule has 0 aromatic heterocycles. The minimum atomic E-state index is -0.0694. The fourth-order valence-electron chi connectivity index (χ4n) is 0.0744. The van der Waals surface area contributed by atoms with E-state index in [0.29, 0.717) is 5.12 Å². The standard InChI is InChI=1S/CH7N4O2/c1-4(2)5(6)7-3/h2-3H2,1H3/q-1. The Hall–Kier alpha value is -0.240. The Morgan fingerprint density at radius 2 is 2.14 bits per heavy atom. The van der Waals surface area contributed by atoms with Crippen LogP contribution in [0.4, 0.5) is 0 Å². The topological polar surface area (TPSA) is 90.8 Å². The van der Waals surface area contributed by atoms with Crippen molar-refractivity contribution in [1.82, 2.24) is 10.5 Å². The van der Waals surface area contributed by atoms with Crippen LogP contribution >= 0.6 is 0 Å². The van der Waals surface area contributed by atoms with Gasteiger partial charge in [0.25, 0.3) is 0 Å². The van der Waals surface area contributed by atoms with Crippen molar-refractivity contribution in [2.75, 3.05) is 7.05 Å². The second kappa shape index (κ2) is 2.86. The lowest BCUT2D eigenvalue weighted by Gasteiger charge is -2.28. The van der Waals surface area contributed by atoms with Gasteiger partial charge in [-0.15, -0.1) is 0 Å². The smallest absolute Gasteiger partial charge is 0.0187 e. The molecular weight excluding hydrogens is 100 g/mol. The van der Waals surface area contributed by atoms with E-state index in [-0.39, 0.29) is 5.34 Å². The number of nitrogens with zero attached hydrogens (tertiary/aromatic N) is 2. The van der Waals surface area contributed by atoms with Crippen molar-refractivity contribution in [1.29, 1.82) is 0 Å². The molecule has 0 amide bonds. The van der Waals surface area contributed by atoms with Gasteiger partial charge in [-0.3, -0.25) is 5.84 Å². The van der Waals surface area contributed by atoms with Crippen LogP contribution in [0.1, 0.15) is 0 Å². The highest BCUT2D eigenvalue weighted by Crippen LogP contribution is 1.77. The average molecular weight is 107 g/mol. The second-order valence-electron chi connectivity index (χ2n) is 0.917. The number of hydrogen-bond donors (Lipinski definition) is 2. The summed E-state index contributed by atoms with van der Waals surface area (Å²) in [5.41, 5.74) is 0. The van der Waals surface area contributed by atoms with Crippen LogP contribution in [-0.2, 0) is 4.94 Å². The average Bonchev–Trinajstić information content (AvgIpc) is 1.65. The molecule has 0 aromatic rings. The summed E-state index contributed by atoms with van der Waals surface area (Å²) >= 11 is 0. The number of hydrogen-bond acceptors (Lipinski definition) is 6. The van der Waals surface area contributed by atoms with Crippen molar-refractivity contribution >= 4 is 0 Å². The first kappa shape index (κ1) is 6.76. The molecule has 0 spiro atoms. The van der Waals surface area contributed by atoms with Crippen LogP contribution in [0.15, 0.2) is 0 Å². The molecule has 0 aliphatic carbocycles. The molecule has 0 aliphatic heterocycles. The normalized spacial score (nSPS) is 11.1. The first-order chi connectivity index (χ1) is 3.18. The highest BCUT2D eigenvalue weighted by atomic mass is 17.0. The van der Waals surface area contributed by atoms with Crippen molar-refractivity contribution in [2.24, 2.45) is 11.7 Å². The molecule has 0 aliphatic rings. The van der Waals surface area contributed by atoms with Crippen LogP contribution < -0.4 is 11.7 Å². The minimum Gasteiger partial charge on any atom is -0.745 e. The summed E-state index contributed by atoms with van der Waals surface area (Å²) in [6, 6.07) is 0. The van der Waals surface area contributed by atoms with Crippen LogP contribution in [0, 0.1) is 5.21 Å². The van der Waals surface area contributed by atoms with Gasteiger partial charge in [0.2, 0.25) is 0 Å². The van der Waals surface area contributed by atoms with Gasteiger partial charge in [0, 0.05) is 7.05 Å². The summed E-state index contributed by atoms with van der Waals surface area (Å²) in [5.74, 6) is 9.15. The Kier molecular flexibility index (Phi) is 2.76. The third-order valence-electron chi connectivity index (χ3n) is 0.348. The molecule has 44 valence electrons. The third kappa shape index (κ3) is 2.45. The van der Waals surface area contributed by atoms with Crippen molar-refractivity contribution in [3.05, 3.63) is 5.21 Å². The molecule has 6 heteroatoms. The van der Waals surface area contributed by atoms with Gasteiger partial charge in [-0.1, -0.05) is 0 Å². The maximum absolute atomic E-state index is 9.88. The van der Waals surface area contributed by atoms with E-state index in [1.165, 1.54) is 7.05 Å². The molecule has 7 heavy (non-hydrogen) atoms. The van der Waals surface area contributed by atoms with Crippen LogP contribution in [-0.4, -0.2) is 17.5 Å². The Labute approximate surface area is 40.6 Å². The molecule has 0 atom stereocenters. The summed E-state index contributed by atoms with van der Waals surface area (Å²) in [6.45, 7) is 0. The summed E-state index contributed by atoms with van der Waals surface area (Å²) in [7, 11) is 1.29. The van der Waals surface area contributed by atoms with E-state index in [2.05, 4.69) is 10.8 Å². The fraction of sp³-hybridized carbons (Fsp3) is 1.00. The van der Waals surface area contributed by atoms with Crippen molar-refractivity contribution in [2.45, 2.75) is 0 Å². The zero-order valence-corrected chi connectivity index (χ0v) is 3.87. The van der Waals surface area contributed by atoms with Crippen LogP contribution in [0.25, 0.3) is 0 Å². The highest BCUT2D eigenvalue weighted by Gasteiger charge is 1.86. The molecule has 0 unspecified atom stereocenters. The maximum atomic E-state index is 9.88. The fourth-order valence-corrected chi connectivity index (χ4v) is 0.0744. The minimum absolute atomic E-state index is 0.0694. The summed E-state index contributed by atoms with van der Waals surface area (Å²) < 4.78 is 0. The molecule has 4 N–H and O–H groups in total. The van der Waals surface area contributed by atoms with E-state index >= 15 is 0 Å². The summed E-state index contributed by atoms with van der Waals surface area (Å²) in [4.78, 5) is 3.59. The van der Waals surface area contributed by atoms with Gasteiger partial charge < -0.3 is 5.21 Å². The molecule has 0 saturated heterocycles. The van der Waals surface area contributed by atoms with Gasteiger partial charge in [-0.05, 0) is 0 Å². The monoisotopic (exact) mass is 107 g/mol. The van der Waals surface area contributed by atoms with Gasteiger partial charge in [0.1, 0.15) is 0 Å². The van der Waals surface area contributed by atoms with Crippen molar-refractivity contribution in [3.8, 4) is 0 Å². The summed E-state index contributed by atoms with van der Waals surface area (Å²) in [5, 5.41) is 10.5. The number of hydrazine groups is 2. The third-order valence-corrected chi connectivity index (χ3v) is 0.348. The molecule has 0 heterocycles. The summed E-state index contributed by atoms with van der Waals surface area (Å²) in [6.07, 6.45) is 0. The maximum Gasteiger partial charge on any atom is 0.0187 e. The zero-order valence-electron chi connectivity index (χ0n) is 3.87. The number of nitrogens with two attached hydrogens (primary N) is 2. The Morgan fingerprint density at radius 3 is 2.14 bits per heavy atom. The van der Waals surface area contributed by atoms with Gasteiger partial charge in [0.15, 0.2) is 0 Å². The van der Waals surface area contributed by atoms with E-state index < -0.39 is 0 Å². The van der Waals surface area contributed by atoms with Crippen LogP contribution in [0.3, 0.4) is 0 Å². The van der Waals surface area contributed by atoms with Gasteiger partial charge in [-0.2, -0.15) is 16.4 Å². The molecule has 0 rings (SSSR count). The molecule has 0 radical (unpaired) electrons. The second-order valence-corrected chi connectivity index (χ2v) is 0.917. The van der Waals surface area contributed by atoms with Crippen LogP contribution in [0.2, 0.25) is 0 Å². The number of rotatable bonds is 2. The zero-order chi connectivity index (χ0) is 5.86. The lowest BCUT2D eigenvalue weighted by atomic mass is 11.4. The Morgan fingerprint density at radius 1 is 1.71 bits per heavy atom. The lowest BCUT2D eigenvalue weighted by molar-refractivity contribution is -0.246. The van der Waals surface area contributed by atoms with Crippen LogP contribution in [0.5, 0.6) is 0 Å². The molecular formula is CH7N4O2-. The lowest BCUT2D eigenvalue weighted by Crippen LogP contribution is -2.41. The first-order valence-electron chi connectivity index (χ1n) is 1.51. The van der Waals surface area contributed by atoms with E-state index in [9.17, 15) is 5.21 Å². The van der Waals surface area contributed by atoms with E-state index in [0.717, 1.165) is 0 Å². The van der Waals surface area contributed by atoms with Crippen molar-refractivity contribution in [3.63, 3.8) is 0 Å². The van der Waals surface area contributed by atoms with Crippen molar-refractivity contribution < 1.29 is 4.94 Å². The molecule has 6 nitrogen and oxygen atoms in total. The Balaban J connectivity index is 3.14. The Bertz CT molecular complexity index is 47.0. The van der Waals surface area contributed by atoms with E-state index in [1.807, 2.05) is 0 Å². The first-order valence-corrected chi connectivity index (χ1v) is 1.51. The largest absolute Gasteiger partial charge is 0.745 e. The van der Waals surface area contributed by atoms with Gasteiger partial charge in [-0.25, -0.2) is 4.94 Å². The van der Waals surface area contributed by atoms with E-state index in [1.54, 1.807) is 0 Å². The molecule has 0 fully saturated rings. The molecule has 0 bridgehead atoms. The molecule has 0 saturated carbocycles. The van der Waals surface area contributed by atoms with Gasteiger partial charge >= 0.3 is 0 Å².